The van der Waals surface area contributed by atoms with Crippen LogP contribution in [0.5, 0.6) is 0 Å². The number of thioether (sulfide) groups is 1. The topological polar surface area (TPSA) is 70.1 Å². The SMILES string of the molecule is O=C(CSc1nc2ccccc2s1)N/N=C/c1ccc[nH]1. The van der Waals surface area contributed by atoms with Gasteiger partial charge < -0.3 is 4.98 Å². The Balaban J connectivity index is 1.51. The molecule has 2 aromatic heterocycles. The summed E-state index contributed by atoms with van der Waals surface area (Å²) in [4.78, 5) is 19.1. The van der Waals surface area contributed by atoms with Crippen molar-refractivity contribution in [3.63, 3.8) is 0 Å². The van der Waals surface area contributed by atoms with E-state index in [2.05, 4.69) is 20.5 Å². The Morgan fingerprint density at radius 2 is 2.29 bits per heavy atom. The van der Waals surface area contributed by atoms with Crippen LogP contribution < -0.4 is 5.43 Å². The van der Waals surface area contributed by atoms with Crippen molar-refractivity contribution in [2.45, 2.75) is 4.34 Å². The number of fused-ring (bicyclic) bond motifs is 1. The van der Waals surface area contributed by atoms with Crippen LogP contribution in [-0.4, -0.2) is 27.8 Å². The number of benzene rings is 1. The van der Waals surface area contributed by atoms with Crippen molar-refractivity contribution in [1.82, 2.24) is 15.4 Å². The molecule has 0 aliphatic heterocycles. The zero-order valence-corrected chi connectivity index (χ0v) is 12.6. The summed E-state index contributed by atoms with van der Waals surface area (Å²) in [6, 6.07) is 11.7. The molecule has 1 amide bonds. The number of carbonyl (C=O) groups is 1. The fraction of sp³-hybridized carbons (Fsp3) is 0.0714. The molecule has 0 saturated heterocycles. The van der Waals surface area contributed by atoms with Crippen LogP contribution in [0.3, 0.4) is 0 Å². The number of nitrogens with one attached hydrogen (secondary N) is 2. The first kappa shape index (κ1) is 13.8. The number of hydrazone groups is 1. The maximum Gasteiger partial charge on any atom is 0.250 e. The van der Waals surface area contributed by atoms with Crippen molar-refractivity contribution < 1.29 is 4.79 Å². The number of aromatic nitrogens is 2. The standard InChI is InChI=1S/C14H12N4OS2/c19-13(18-16-8-10-4-3-7-15-10)9-20-14-17-11-5-1-2-6-12(11)21-14/h1-8,15H,9H2,(H,18,19)/b16-8+. The van der Waals surface area contributed by atoms with Gasteiger partial charge in [0, 0.05) is 6.20 Å². The fourth-order valence-corrected chi connectivity index (χ4v) is 3.53. The summed E-state index contributed by atoms with van der Waals surface area (Å²) >= 11 is 3.01. The maximum atomic E-state index is 11.7. The van der Waals surface area contributed by atoms with Crippen molar-refractivity contribution in [2.24, 2.45) is 5.10 Å². The second kappa shape index (κ2) is 6.55. The van der Waals surface area contributed by atoms with Gasteiger partial charge in [-0.3, -0.25) is 4.79 Å². The lowest BCUT2D eigenvalue weighted by Gasteiger charge is -1.96. The van der Waals surface area contributed by atoms with Gasteiger partial charge in [-0.25, -0.2) is 10.4 Å². The predicted molar refractivity (Wildman–Crippen MR) is 86.9 cm³/mol. The van der Waals surface area contributed by atoms with Crippen LogP contribution >= 0.6 is 23.1 Å². The van der Waals surface area contributed by atoms with E-state index < -0.39 is 0 Å². The van der Waals surface area contributed by atoms with E-state index in [9.17, 15) is 4.79 Å². The molecule has 2 N–H and O–H groups in total. The van der Waals surface area contributed by atoms with Crippen molar-refractivity contribution in [3.8, 4) is 0 Å². The van der Waals surface area contributed by atoms with Crippen LogP contribution in [0.1, 0.15) is 5.69 Å². The van der Waals surface area contributed by atoms with E-state index in [1.807, 2.05) is 36.4 Å². The average Bonchev–Trinajstić information content (AvgIpc) is 3.13. The lowest BCUT2D eigenvalue weighted by molar-refractivity contribution is -0.118. The number of rotatable bonds is 5. The summed E-state index contributed by atoms with van der Waals surface area (Å²) in [6.07, 6.45) is 3.37. The van der Waals surface area contributed by atoms with Crippen LogP contribution in [-0.2, 0) is 4.79 Å². The number of nitrogens with zero attached hydrogens (tertiary/aromatic N) is 2. The zero-order valence-electron chi connectivity index (χ0n) is 10.9. The molecule has 0 saturated carbocycles. The van der Waals surface area contributed by atoms with Gasteiger partial charge in [0.05, 0.1) is 27.9 Å². The normalized spacial score (nSPS) is 11.2. The molecule has 0 aliphatic rings. The van der Waals surface area contributed by atoms with E-state index in [1.54, 1.807) is 23.7 Å². The third-order valence-corrected chi connectivity index (χ3v) is 4.80. The Labute approximate surface area is 129 Å². The minimum atomic E-state index is -0.151. The highest BCUT2D eigenvalue weighted by atomic mass is 32.2. The van der Waals surface area contributed by atoms with E-state index in [4.69, 9.17) is 0 Å². The fourth-order valence-electron chi connectivity index (χ4n) is 1.67. The van der Waals surface area contributed by atoms with Crippen LogP contribution in [0.4, 0.5) is 0 Å². The second-order valence-electron chi connectivity index (χ2n) is 4.15. The number of hydrogen-bond acceptors (Lipinski definition) is 5. The quantitative estimate of drug-likeness (QED) is 0.432. The molecule has 3 aromatic rings. The van der Waals surface area contributed by atoms with Crippen molar-refractivity contribution in [3.05, 3.63) is 48.3 Å². The molecule has 0 radical (unpaired) electrons. The van der Waals surface area contributed by atoms with E-state index in [1.165, 1.54) is 11.8 Å². The molecule has 2 heterocycles. The highest BCUT2D eigenvalue weighted by Gasteiger charge is 2.06. The number of amides is 1. The number of aromatic amines is 1. The van der Waals surface area contributed by atoms with E-state index in [-0.39, 0.29) is 5.91 Å². The molecular formula is C14H12N4OS2. The van der Waals surface area contributed by atoms with E-state index >= 15 is 0 Å². The smallest absolute Gasteiger partial charge is 0.250 e. The Morgan fingerprint density at radius 3 is 3.10 bits per heavy atom. The lowest BCUT2D eigenvalue weighted by Crippen LogP contribution is -2.19. The highest BCUT2D eigenvalue weighted by Crippen LogP contribution is 2.28. The van der Waals surface area contributed by atoms with Crippen LogP contribution in [0.25, 0.3) is 10.2 Å². The summed E-state index contributed by atoms with van der Waals surface area (Å²) in [6.45, 7) is 0. The molecule has 7 heteroatoms. The van der Waals surface area contributed by atoms with E-state index in [0.717, 1.165) is 20.3 Å². The largest absolute Gasteiger partial charge is 0.360 e. The minimum absolute atomic E-state index is 0.151. The number of para-hydroxylation sites is 1. The van der Waals surface area contributed by atoms with Gasteiger partial charge in [-0.2, -0.15) is 5.10 Å². The Kier molecular flexibility index (Phi) is 4.32. The van der Waals surface area contributed by atoms with Crippen molar-refractivity contribution in [2.75, 3.05) is 5.75 Å². The monoisotopic (exact) mass is 316 g/mol. The number of H-pyrrole nitrogens is 1. The third-order valence-electron chi connectivity index (χ3n) is 2.62. The second-order valence-corrected chi connectivity index (χ2v) is 6.41. The van der Waals surface area contributed by atoms with Crippen molar-refractivity contribution in [1.29, 1.82) is 0 Å². The Hall–Kier alpha value is -2.12. The summed E-state index contributed by atoms with van der Waals surface area (Å²) in [7, 11) is 0. The zero-order chi connectivity index (χ0) is 14.5. The summed E-state index contributed by atoms with van der Waals surface area (Å²) in [5.74, 6) is 0.143. The van der Waals surface area contributed by atoms with Gasteiger partial charge >= 0.3 is 0 Å². The minimum Gasteiger partial charge on any atom is -0.360 e. The van der Waals surface area contributed by atoms with Gasteiger partial charge in [0.1, 0.15) is 0 Å². The number of carbonyl (C=O) groups excluding carboxylic acids is 1. The first-order chi connectivity index (χ1) is 10.3. The van der Waals surface area contributed by atoms with Gasteiger partial charge in [0.25, 0.3) is 5.91 Å². The van der Waals surface area contributed by atoms with Crippen LogP contribution in [0.2, 0.25) is 0 Å². The van der Waals surface area contributed by atoms with Gasteiger partial charge in [0.15, 0.2) is 4.34 Å². The third kappa shape index (κ3) is 3.71. The first-order valence-electron chi connectivity index (χ1n) is 6.25. The molecule has 0 spiro atoms. The van der Waals surface area contributed by atoms with Crippen molar-refractivity contribution >= 4 is 45.4 Å². The van der Waals surface area contributed by atoms with Crippen LogP contribution in [0.15, 0.2) is 52.0 Å². The highest BCUT2D eigenvalue weighted by molar-refractivity contribution is 8.01. The molecule has 0 atom stereocenters. The number of thiazole rings is 1. The molecule has 0 unspecified atom stereocenters. The van der Waals surface area contributed by atoms with Crippen LogP contribution in [0, 0.1) is 0 Å². The predicted octanol–water partition coefficient (Wildman–Crippen LogP) is 2.87. The summed E-state index contributed by atoms with van der Waals surface area (Å²) in [5, 5.41) is 3.88. The van der Waals surface area contributed by atoms with Gasteiger partial charge in [0.2, 0.25) is 0 Å². The van der Waals surface area contributed by atoms with Gasteiger partial charge in [-0.1, -0.05) is 23.9 Å². The molecule has 3 rings (SSSR count). The molecule has 1 aromatic carbocycles. The molecule has 106 valence electrons. The summed E-state index contributed by atoms with van der Waals surface area (Å²) in [5.41, 5.74) is 4.30. The lowest BCUT2D eigenvalue weighted by atomic mass is 10.3. The molecule has 0 bridgehead atoms. The van der Waals surface area contributed by atoms with Gasteiger partial charge in [-0.05, 0) is 24.3 Å². The molecule has 0 aliphatic carbocycles. The Bertz CT molecular complexity index is 731. The molecule has 0 fully saturated rings. The Morgan fingerprint density at radius 1 is 1.38 bits per heavy atom. The molecule has 21 heavy (non-hydrogen) atoms. The molecule has 5 nitrogen and oxygen atoms in total. The van der Waals surface area contributed by atoms with Gasteiger partial charge in [-0.15, -0.1) is 11.3 Å². The molecular weight excluding hydrogens is 304 g/mol. The first-order valence-corrected chi connectivity index (χ1v) is 8.05. The average molecular weight is 316 g/mol. The maximum absolute atomic E-state index is 11.7. The van der Waals surface area contributed by atoms with E-state index in [0.29, 0.717) is 5.75 Å². The number of hydrogen-bond donors (Lipinski definition) is 2. The summed E-state index contributed by atoms with van der Waals surface area (Å²) < 4.78 is 2.02.